The summed E-state index contributed by atoms with van der Waals surface area (Å²) in [5.74, 6) is -2.93. The van der Waals surface area contributed by atoms with Gasteiger partial charge in [0.25, 0.3) is 0 Å². The molecule has 14 nitrogen and oxygen atoms in total. The van der Waals surface area contributed by atoms with Crippen molar-refractivity contribution >= 4 is 17.7 Å². The van der Waals surface area contributed by atoms with Crippen LogP contribution in [0.5, 0.6) is 0 Å². The summed E-state index contributed by atoms with van der Waals surface area (Å²) >= 11 is 0. The van der Waals surface area contributed by atoms with Crippen molar-refractivity contribution in [2.24, 2.45) is 28.1 Å². The quantitative estimate of drug-likeness (QED) is 0.208. The van der Waals surface area contributed by atoms with E-state index < -0.39 is 107 Å². The molecule has 2 aliphatic carbocycles. The van der Waals surface area contributed by atoms with Crippen LogP contribution in [0.3, 0.4) is 0 Å². The zero-order valence-electron chi connectivity index (χ0n) is 26.2. The predicted octanol–water partition coefficient (Wildman–Crippen LogP) is -0.0840. The number of hydrogen-bond acceptors (Lipinski definition) is 14. The molecule has 46 heavy (non-hydrogen) atoms. The fraction of sp³-hybridized carbons (Fsp3) is 0.781. The summed E-state index contributed by atoms with van der Waals surface area (Å²) < 4.78 is 35.5. The number of aliphatic hydroxyl groups is 5. The number of epoxide rings is 1. The number of carbonyl (C=O) groups excluding carboxylic acids is 3. The summed E-state index contributed by atoms with van der Waals surface area (Å²) in [6.07, 6.45) is -7.59. The number of fused-ring (bicyclic) bond motifs is 2. The minimum atomic E-state index is -1.75. The molecule has 254 valence electrons. The van der Waals surface area contributed by atoms with Crippen molar-refractivity contribution in [1.82, 2.24) is 0 Å². The monoisotopic (exact) mass is 650 g/mol. The second-order valence-electron chi connectivity index (χ2n) is 15.0. The number of cyclic esters (lactones) is 2. The van der Waals surface area contributed by atoms with Crippen molar-refractivity contribution in [3.63, 3.8) is 0 Å². The first-order valence-corrected chi connectivity index (χ1v) is 15.9. The molecule has 2 saturated carbocycles. The lowest BCUT2D eigenvalue weighted by molar-refractivity contribution is -0.341. The Morgan fingerprint density at radius 1 is 1.04 bits per heavy atom. The largest absolute Gasteiger partial charge is 0.472 e. The number of hydrogen-bond donors (Lipinski definition) is 5. The summed E-state index contributed by atoms with van der Waals surface area (Å²) in [6, 6.07) is 1.72. The maximum Gasteiger partial charge on any atom is 0.339 e. The van der Waals surface area contributed by atoms with Crippen molar-refractivity contribution < 1.29 is 68.0 Å². The van der Waals surface area contributed by atoms with Gasteiger partial charge in [0.05, 0.1) is 42.7 Å². The number of ether oxygens (including phenoxy) is 5. The van der Waals surface area contributed by atoms with E-state index in [9.17, 15) is 39.9 Å². The van der Waals surface area contributed by atoms with Gasteiger partial charge in [-0.3, -0.25) is 9.59 Å². The molecule has 5 N–H and O–H groups in total. The van der Waals surface area contributed by atoms with Crippen molar-refractivity contribution in [2.75, 3.05) is 13.2 Å². The standard InChI is InChI=1S/C32H42O14/c1-28(2,40)17-9-18(34)30(4)16(5-7-29(3)24(14-6-8-41-12-14)45-26(39)25-32(29,30)46-25)31(17)13-42-20(35)10-19(31)44-27-23(38)22(37)21(36)15(11-33)43-27/h6,8,12,15-17,19,21-25,27,33,36-38,40H,5,7,9-11,13H2,1-4H3/t15-,16?,17+,19+,21-,22+,23-,24+,25-,27+,29+,30+,31-,32-/m1/s1. The van der Waals surface area contributed by atoms with Gasteiger partial charge in [0, 0.05) is 28.7 Å². The Bertz CT molecular complexity index is 1400. The van der Waals surface area contributed by atoms with E-state index in [0.29, 0.717) is 18.4 Å². The molecule has 14 heteroatoms. The van der Waals surface area contributed by atoms with Crippen LogP contribution in [-0.2, 0) is 38.1 Å². The fourth-order valence-corrected chi connectivity index (χ4v) is 10.3. The summed E-state index contributed by atoms with van der Waals surface area (Å²) in [7, 11) is 0. The summed E-state index contributed by atoms with van der Waals surface area (Å²) in [5, 5.41) is 53.2. The highest BCUT2D eigenvalue weighted by atomic mass is 16.7. The summed E-state index contributed by atoms with van der Waals surface area (Å²) in [6.45, 7) is 5.95. The summed E-state index contributed by atoms with van der Waals surface area (Å²) in [5.41, 5.74) is -5.65. The molecule has 1 aromatic heterocycles. The molecule has 0 amide bonds. The highest BCUT2D eigenvalue weighted by Crippen LogP contribution is 2.78. The van der Waals surface area contributed by atoms with Crippen LogP contribution in [0.2, 0.25) is 0 Å². The third kappa shape index (κ3) is 3.95. The van der Waals surface area contributed by atoms with E-state index in [4.69, 9.17) is 28.1 Å². The SMILES string of the molecule is CC(C)(O)[C@@H]1CC(=O)[C@]2(C)C(CC[C@@]3(C)[C@H](c4ccoc4)OC(=O)[C@H]4O[C@]432)[C@]12COC(=O)C[C@@H]2O[C@@H]1O[C@H](CO)[C@@H](O)[C@H](O)[C@H]1O. The van der Waals surface area contributed by atoms with Gasteiger partial charge >= 0.3 is 11.9 Å². The lowest BCUT2D eigenvalue weighted by Crippen LogP contribution is -2.75. The maximum atomic E-state index is 14.7. The van der Waals surface area contributed by atoms with Crippen LogP contribution in [0.25, 0.3) is 0 Å². The smallest absolute Gasteiger partial charge is 0.339 e. The molecule has 2 spiro atoms. The Hall–Kier alpha value is -2.43. The molecule has 4 saturated heterocycles. The number of furan rings is 1. The number of Topliss-reactive ketones (excluding diaryl/α,β-unsaturated/α-hetero) is 1. The van der Waals surface area contributed by atoms with Gasteiger partial charge in [0.2, 0.25) is 0 Å². The Kier molecular flexibility index (Phi) is 7.19. The van der Waals surface area contributed by atoms with Crippen molar-refractivity contribution in [3.05, 3.63) is 24.2 Å². The average molecular weight is 651 g/mol. The average Bonchev–Trinajstić information content (AvgIpc) is 3.57. The molecule has 4 aliphatic heterocycles. The first kappa shape index (κ1) is 32.1. The molecule has 0 aromatic carbocycles. The maximum absolute atomic E-state index is 14.7. The lowest BCUT2D eigenvalue weighted by atomic mass is 9.36. The number of aliphatic hydroxyl groups excluding tert-OH is 4. The molecule has 7 rings (SSSR count). The van der Waals surface area contributed by atoms with Crippen LogP contribution in [0.1, 0.15) is 65.0 Å². The van der Waals surface area contributed by atoms with Crippen molar-refractivity contribution in [2.45, 2.75) is 114 Å². The van der Waals surface area contributed by atoms with Crippen LogP contribution >= 0.6 is 0 Å². The number of esters is 2. The Morgan fingerprint density at radius 2 is 1.78 bits per heavy atom. The molecule has 0 radical (unpaired) electrons. The minimum absolute atomic E-state index is 0.165. The second-order valence-corrected chi connectivity index (χ2v) is 15.0. The van der Waals surface area contributed by atoms with Gasteiger partial charge in [-0.15, -0.1) is 0 Å². The van der Waals surface area contributed by atoms with E-state index in [1.165, 1.54) is 12.5 Å². The zero-order valence-corrected chi connectivity index (χ0v) is 26.2. The number of carbonyl (C=O) groups is 3. The topological polar surface area (TPSA) is 215 Å². The molecule has 5 heterocycles. The molecule has 6 aliphatic rings. The second kappa shape index (κ2) is 10.3. The van der Waals surface area contributed by atoms with Crippen LogP contribution in [-0.4, -0.2) is 111 Å². The fourth-order valence-electron chi connectivity index (χ4n) is 10.3. The first-order valence-electron chi connectivity index (χ1n) is 15.9. The molecular weight excluding hydrogens is 608 g/mol. The third-order valence-electron chi connectivity index (χ3n) is 12.5. The number of rotatable bonds is 5. The van der Waals surface area contributed by atoms with E-state index in [0.717, 1.165) is 0 Å². The molecular formula is C32H42O14. The molecule has 14 atom stereocenters. The van der Waals surface area contributed by atoms with E-state index >= 15 is 0 Å². The van der Waals surface area contributed by atoms with Gasteiger partial charge in [-0.25, -0.2) is 4.79 Å². The summed E-state index contributed by atoms with van der Waals surface area (Å²) in [4.78, 5) is 41.0. The van der Waals surface area contributed by atoms with E-state index in [1.54, 1.807) is 26.8 Å². The Labute approximate surface area is 264 Å². The minimum Gasteiger partial charge on any atom is -0.472 e. The van der Waals surface area contributed by atoms with Crippen molar-refractivity contribution in [3.8, 4) is 0 Å². The third-order valence-corrected chi connectivity index (χ3v) is 12.5. The van der Waals surface area contributed by atoms with Crippen molar-refractivity contribution in [1.29, 1.82) is 0 Å². The van der Waals surface area contributed by atoms with Gasteiger partial charge in [-0.2, -0.15) is 0 Å². The first-order chi connectivity index (χ1) is 21.6. The van der Waals surface area contributed by atoms with E-state index in [-0.39, 0.29) is 25.2 Å². The van der Waals surface area contributed by atoms with Gasteiger partial charge < -0.3 is 53.6 Å². The molecule has 6 fully saturated rings. The van der Waals surface area contributed by atoms with Gasteiger partial charge in [-0.05, 0) is 45.6 Å². The highest BCUT2D eigenvalue weighted by Gasteiger charge is 2.89. The van der Waals surface area contributed by atoms with Gasteiger partial charge in [0.1, 0.15) is 48.5 Å². The highest BCUT2D eigenvalue weighted by molar-refractivity contribution is 5.93. The Morgan fingerprint density at radius 3 is 2.43 bits per heavy atom. The van der Waals surface area contributed by atoms with E-state index in [2.05, 4.69) is 0 Å². The van der Waals surface area contributed by atoms with Crippen LogP contribution in [0.15, 0.2) is 23.0 Å². The predicted molar refractivity (Wildman–Crippen MR) is 150 cm³/mol. The van der Waals surface area contributed by atoms with Gasteiger partial charge in [0.15, 0.2) is 12.4 Å². The number of ketones is 1. The zero-order chi connectivity index (χ0) is 33.2. The molecule has 1 unspecified atom stereocenters. The van der Waals surface area contributed by atoms with Gasteiger partial charge in [-0.1, -0.05) is 6.92 Å². The lowest BCUT2D eigenvalue weighted by Gasteiger charge is -2.67. The molecule has 0 bridgehead atoms. The van der Waals surface area contributed by atoms with E-state index in [1.807, 2.05) is 6.92 Å². The Balaban J connectivity index is 1.36. The normalized spacial score (nSPS) is 50.2. The van der Waals surface area contributed by atoms with Crippen LogP contribution in [0, 0.1) is 28.1 Å². The van der Waals surface area contributed by atoms with Crippen LogP contribution in [0.4, 0.5) is 0 Å². The molecule has 1 aromatic rings. The van der Waals surface area contributed by atoms with Crippen LogP contribution < -0.4 is 0 Å².